The van der Waals surface area contributed by atoms with Crippen molar-refractivity contribution in [1.29, 1.82) is 0 Å². The highest BCUT2D eigenvalue weighted by molar-refractivity contribution is 5.92. The quantitative estimate of drug-likeness (QED) is 0.624. The molecule has 1 N–H and O–H groups in total. The van der Waals surface area contributed by atoms with Crippen LogP contribution in [0.1, 0.15) is 19.9 Å². The molecule has 4 heteroatoms. The number of hydrogen-bond donors (Lipinski definition) is 1. The van der Waals surface area contributed by atoms with E-state index in [1.165, 1.54) is 0 Å². The maximum absolute atomic E-state index is 11.3. The van der Waals surface area contributed by atoms with Crippen LogP contribution in [0.2, 0.25) is 0 Å². The van der Waals surface area contributed by atoms with E-state index in [0.717, 1.165) is 0 Å². The zero-order valence-corrected chi connectivity index (χ0v) is 7.11. The minimum absolute atomic E-state index is 0.0201. The zero-order chi connectivity index (χ0) is 8.72. The van der Waals surface area contributed by atoms with E-state index in [0.29, 0.717) is 5.95 Å². The van der Waals surface area contributed by atoms with E-state index >= 15 is 0 Å². The Labute approximate surface area is 70.6 Å². The number of anilines is 1. The fourth-order valence-corrected chi connectivity index (χ4v) is 1.42. The summed E-state index contributed by atoms with van der Waals surface area (Å²) in [5.41, 5.74) is 0. The fraction of sp³-hybridized carbons (Fsp3) is 0.500. The van der Waals surface area contributed by atoms with Gasteiger partial charge in [-0.1, -0.05) is 6.92 Å². The largest absolute Gasteiger partial charge is 0.314 e. The van der Waals surface area contributed by atoms with Crippen molar-refractivity contribution in [3.63, 3.8) is 0 Å². The smallest absolute Gasteiger partial charge is 0.231 e. The third-order valence-corrected chi connectivity index (χ3v) is 2.48. The third kappa shape index (κ3) is 0.841. The van der Waals surface area contributed by atoms with Crippen LogP contribution in [-0.4, -0.2) is 15.5 Å². The molecule has 0 spiro atoms. The third-order valence-electron chi connectivity index (χ3n) is 2.48. The van der Waals surface area contributed by atoms with Crippen molar-refractivity contribution in [3.05, 3.63) is 12.4 Å². The van der Waals surface area contributed by atoms with Gasteiger partial charge in [-0.05, 0) is 6.92 Å². The molecule has 1 aromatic heterocycles. The number of nitrogens with one attached hydrogen (secondary N) is 1. The molecule has 12 heavy (non-hydrogen) atoms. The minimum atomic E-state index is 0.0201. The van der Waals surface area contributed by atoms with E-state index in [1.807, 2.05) is 24.6 Å². The molecule has 2 rings (SSSR count). The average molecular weight is 165 g/mol. The van der Waals surface area contributed by atoms with Crippen molar-refractivity contribution >= 4 is 11.9 Å². The molecule has 0 saturated heterocycles. The summed E-state index contributed by atoms with van der Waals surface area (Å²) in [4.78, 5) is 15.3. The van der Waals surface area contributed by atoms with Crippen molar-refractivity contribution in [2.45, 2.75) is 19.9 Å². The van der Waals surface area contributed by atoms with Gasteiger partial charge in [0.25, 0.3) is 0 Å². The molecule has 64 valence electrons. The van der Waals surface area contributed by atoms with Crippen molar-refractivity contribution in [2.24, 2.45) is 5.92 Å². The van der Waals surface area contributed by atoms with E-state index in [-0.39, 0.29) is 17.9 Å². The number of imidazole rings is 1. The SMILES string of the molecule is CC1C(=O)Nc2nccn2C1C. The van der Waals surface area contributed by atoms with Gasteiger partial charge in [0.2, 0.25) is 11.9 Å². The van der Waals surface area contributed by atoms with E-state index < -0.39 is 0 Å². The van der Waals surface area contributed by atoms with E-state index in [1.54, 1.807) is 6.20 Å². The summed E-state index contributed by atoms with van der Waals surface area (Å²) in [6, 6.07) is 0.205. The summed E-state index contributed by atoms with van der Waals surface area (Å²) in [5, 5.41) is 2.73. The second-order valence-corrected chi connectivity index (χ2v) is 3.18. The zero-order valence-electron chi connectivity index (χ0n) is 7.11. The minimum Gasteiger partial charge on any atom is -0.314 e. The first-order valence-corrected chi connectivity index (χ1v) is 4.04. The number of hydrogen-bond acceptors (Lipinski definition) is 2. The van der Waals surface area contributed by atoms with Gasteiger partial charge in [0.05, 0.1) is 5.92 Å². The van der Waals surface area contributed by atoms with Gasteiger partial charge in [0.15, 0.2) is 0 Å². The van der Waals surface area contributed by atoms with Gasteiger partial charge in [0.1, 0.15) is 0 Å². The molecule has 1 aliphatic rings. The number of nitrogens with zero attached hydrogens (tertiary/aromatic N) is 2. The molecule has 0 fully saturated rings. The summed E-state index contributed by atoms with van der Waals surface area (Å²) in [6.45, 7) is 3.94. The number of rotatable bonds is 0. The van der Waals surface area contributed by atoms with Gasteiger partial charge >= 0.3 is 0 Å². The maximum Gasteiger partial charge on any atom is 0.231 e. The summed E-state index contributed by atoms with van der Waals surface area (Å²) >= 11 is 0. The van der Waals surface area contributed by atoms with Crippen LogP contribution in [0.5, 0.6) is 0 Å². The van der Waals surface area contributed by atoms with Gasteiger partial charge in [0, 0.05) is 18.4 Å². The number of amides is 1. The Morgan fingerprint density at radius 3 is 3.08 bits per heavy atom. The lowest BCUT2D eigenvalue weighted by molar-refractivity contribution is -0.121. The second kappa shape index (κ2) is 2.33. The molecule has 4 nitrogen and oxygen atoms in total. The van der Waals surface area contributed by atoms with Crippen LogP contribution in [0.3, 0.4) is 0 Å². The van der Waals surface area contributed by atoms with E-state index in [4.69, 9.17) is 0 Å². The highest BCUT2D eigenvalue weighted by atomic mass is 16.2. The molecular formula is C8H11N3O. The average Bonchev–Trinajstić information content (AvgIpc) is 2.48. The van der Waals surface area contributed by atoms with Crippen LogP contribution in [0, 0.1) is 5.92 Å². The first-order chi connectivity index (χ1) is 5.70. The Morgan fingerprint density at radius 1 is 1.58 bits per heavy atom. The molecule has 1 amide bonds. The standard InChI is InChI=1S/C8H11N3O/c1-5-6(2)11-4-3-9-8(11)10-7(5)12/h3-6H,1-2H3,(H,9,10,12). The lowest BCUT2D eigenvalue weighted by atomic mass is 10.0. The van der Waals surface area contributed by atoms with Gasteiger partial charge in [-0.25, -0.2) is 4.98 Å². The molecule has 0 aromatic carbocycles. The van der Waals surface area contributed by atoms with Crippen LogP contribution in [-0.2, 0) is 4.79 Å². The molecule has 2 unspecified atom stereocenters. The summed E-state index contributed by atoms with van der Waals surface area (Å²) < 4.78 is 1.98. The second-order valence-electron chi connectivity index (χ2n) is 3.18. The predicted octanol–water partition coefficient (Wildman–Crippen LogP) is 1.03. The maximum atomic E-state index is 11.3. The highest BCUT2D eigenvalue weighted by Gasteiger charge is 2.28. The summed E-state index contributed by atoms with van der Waals surface area (Å²) in [6.07, 6.45) is 3.58. The number of fused-ring (bicyclic) bond motifs is 1. The van der Waals surface area contributed by atoms with E-state index in [9.17, 15) is 4.79 Å². The summed E-state index contributed by atoms with van der Waals surface area (Å²) in [7, 11) is 0. The van der Waals surface area contributed by atoms with Crippen LogP contribution >= 0.6 is 0 Å². The lowest BCUT2D eigenvalue weighted by Crippen LogP contribution is -2.34. The molecule has 1 aliphatic heterocycles. The Bertz CT molecular complexity index is 318. The monoisotopic (exact) mass is 165 g/mol. The molecule has 0 radical (unpaired) electrons. The number of carbonyl (C=O) groups is 1. The molecule has 2 atom stereocenters. The van der Waals surface area contributed by atoms with Crippen molar-refractivity contribution in [2.75, 3.05) is 5.32 Å². The van der Waals surface area contributed by atoms with Gasteiger partial charge in [-0.15, -0.1) is 0 Å². The molecule has 0 aliphatic carbocycles. The first-order valence-electron chi connectivity index (χ1n) is 4.04. The van der Waals surface area contributed by atoms with Crippen LogP contribution < -0.4 is 5.32 Å². The molecule has 1 aromatic rings. The number of aromatic nitrogens is 2. The summed E-state index contributed by atoms with van der Waals surface area (Å²) in [5.74, 6) is 0.735. The lowest BCUT2D eigenvalue weighted by Gasteiger charge is -2.27. The normalized spacial score (nSPS) is 28.0. The van der Waals surface area contributed by atoms with Gasteiger partial charge < -0.3 is 4.57 Å². The van der Waals surface area contributed by atoms with Crippen molar-refractivity contribution in [3.8, 4) is 0 Å². The Hall–Kier alpha value is -1.32. The van der Waals surface area contributed by atoms with Gasteiger partial charge in [-0.2, -0.15) is 0 Å². The Morgan fingerprint density at radius 2 is 2.33 bits per heavy atom. The highest BCUT2D eigenvalue weighted by Crippen LogP contribution is 2.26. The molecule has 0 bridgehead atoms. The Kier molecular flexibility index (Phi) is 1.43. The predicted molar refractivity (Wildman–Crippen MR) is 44.7 cm³/mol. The van der Waals surface area contributed by atoms with Crippen molar-refractivity contribution in [1.82, 2.24) is 9.55 Å². The molecule has 0 saturated carbocycles. The van der Waals surface area contributed by atoms with Crippen LogP contribution in [0.4, 0.5) is 5.95 Å². The van der Waals surface area contributed by atoms with Crippen LogP contribution in [0.25, 0.3) is 0 Å². The van der Waals surface area contributed by atoms with Crippen LogP contribution in [0.15, 0.2) is 12.4 Å². The van der Waals surface area contributed by atoms with E-state index in [2.05, 4.69) is 10.3 Å². The first kappa shape index (κ1) is 7.34. The molecular weight excluding hydrogens is 154 g/mol. The van der Waals surface area contributed by atoms with Gasteiger partial charge in [-0.3, -0.25) is 10.1 Å². The molecule has 2 heterocycles. The topological polar surface area (TPSA) is 46.9 Å². The Balaban J connectivity index is 2.45. The number of carbonyl (C=O) groups excluding carboxylic acids is 1. The fourth-order valence-electron chi connectivity index (χ4n) is 1.42. The van der Waals surface area contributed by atoms with Crippen molar-refractivity contribution < 1.29 is 4.79 Å².